The number of ether oxygens (including phenoxy) is 1. The number of hydrogen-bond donors (Lipinski definition) is 2. The minimum absolute atomic E-state index is 0.0585. The summed E-state index contributed by atoms with van der Waals surface area (Å²) in [6, 6.07) is 3.51. The fourth-order valence-corrected chi connectivity index (χ4v) is 3.73. The highest BCUT2D eigenvalue weighted by Gasteiger charge is 2.30. The van der Waals surface area contributed by atoms with Gasteiger partial charge in [-0.25, -0.2) is 9.18 Å². The Morgan fingerprint density at radius 3 is 2.64 bits per heavy atom. The lowest BCUT2D eigenvalue weighted by Crippen LogP contribution is -2.45. The van der Waals surface area contributed by atoms with Gasteiger partial charge in [0, 0.05) is 31.9 Å². The predicted molar refractivity (Wildman–Crippen MR) is 91.8 cm³/mol. The molecular formula is C18H24FN3O3. The number of hydrogen-bond acceptors (Lipinski definition) is 3. The number of primary amides is 1. The van der Waals surface area contributed by atoms with Crippen LogP contribution in [0.4, 0.5) is 14.9 Å². The van der Waals surface area contributed by atoms with Crippen LogP contribution in [0.5, 0.6) is 0 Å². The zero-order valence-electron chi connectivity index (χ0n) is 14.2. The van der Waals surface area contributed by atoms with Crippen LogP contribution in [0.2, 0.25) is 0 Å². The first-order valence-corrected chi connectivity index (χ1v) is 8.77. The van der Waals surface area contributed by atoms with E-state index >= 15 is 0 Å². The molecule has 3 N–H and O–H groups in total. The van der Waals surface area contributed by atoms with Gasteiger partial charge in [0.15, 0.2) is 0 Å². The van der Waals surface area contributed by atoms with E-state index in [1.165, 1.54) is 12.1 Å². The molecule has 25 heavy (non-hydrogen) atoms. The molecule has 0 aliphatic carbocycles. The Morgan fingerprint density at radius 2 is 1.96 bits per heavy atom. The van der Waals surface area contributed by atoms with Gasteiger partial charge in [-0.1, -0.05) is 0 Å². The molecule has 2 aliphatic rings. The van der Waals surface area contributed by atoms with E-state index in [9.17, 15) is 14.0 Å². The molecule has 1 unspecified atom stereocenters. The van der Waals surface area contributed by atoms with Crippen molar-refractivity contribution < 1.29 is 18.7 Å². The van der Waals surface area contributed by atoms with Crippen LogP contribution in [0.15, 0.2) is 18.2 Å². The number of amides is 3. The molecule has 7 heteroatoms. The van der Waals surface area contributed by atoms with Crippen LogP contribution >= 0.6 is 0 Å². The van der Waals surface area contributed by atoms with Crippen molar-refractivity contribution in [2.24, 2.45) is 17.6 Å². The Balaban J connectivity index is 1.61. The van der Waals surface area contributed by atoms with Crippen LogP contribution in [0.1, 0.15) is 36.0 Å². The largest absolute Gasteiger partial charge is 0.381 e. The molecule has 0 radical (unpaired) electrons. The number of piperidine rings is 1. The lowest BCUT2D eigenvalue weighted by atomic mass is 9.81. The topological polar surface area (TPSA) is 84.7 Å². The molecule has 0 spiro atoms. The maximum Gasteiger partial charge on any atom is 0.321 e. The van der Waals surface area contributed by atoms with E-state index in [4.69, 9.17) is 10.5 Å². The predicted octanol–water partition coefficient (Wildman–Crippen LogP) is 2.60. The monoisotopic (exact) mass is 349 g/mol. The molecule has 0 saturated carbocycles. The highest BCUT2D eigenvalue weighted by atomic mass is 19.1. The van der Waals surface area contributed by atoms with E-state index in [1.807, 2.05) is 0 Å². The second-order valence-electron chi connectivity index (χ2n) is 6.79. The number of carbonyl (C=O) groups excluding carboxylic acids is 2. The molecule has 2 saturated heterocycles. The van der Waals surface area contributed by atoms with Crippen molar-refractivity contribution in [3.63, 3.8) is 0 Å². The van der Waals surface area contributed by atoms with Gasteiger partial charge in [0.25, 0.3) is 0 Å². The number of urea groups is 1. The van der Waals surface area contributed by atoms with Crippen LogP contribution in [0, 0.1) is 17.7 Å². The lowest BCUT2D eigenvalue weighted by Gasteiger charge is -2.38. The Kier molecular flexibility index (Phi) is 5.53. The van der Waals surface area contributed by atoms with Gasteiger partial charge in [0.05, 0.1) is 5.69 Å². The van der Waals surface area contributed by atoms with Gasteiger partial charge in [-0.05, 0) is 55.7 Å². The number of nitrogens with one attached hydrogen (secondary N) is 1. The number of benzene rings is 1. The van der Waals surface area contributed by atoms with Crippen molar-refractivity contribution in [2.45, 2.75) is 25.7 Å². The number of likely N-dealkylation sites (tertiary alicyclic amines) is 1. The minimum Gasteiger partial charge on any atom is -0.381 e. The van der Waals surface area contributed by atoms with Crippen molar-refractivity contribution >= 4 is 17.6 Å². The van der Waals surface area contributed by atoms with Crippen molar-refractivity contribution in [3.05, 3.63) is 29.6 Å². The summed E-state index contributed by atoms with van der Waals surface area (Å²) >= 11 is 0. The lowest BCUT2D eigenvalue weighted by molar-refractivity contribution is 0.0322. The van der Waals surface area contributed by atoms with Crippen LogP contribution in [-0.4, -0.2) is 43.1 Å². The molecule has 1 aromatic rings. The molecule has 1 aromatic carbocycles. The van der Waals surface area contributed by atoms with Crippen molar-refractivity contribution in [1.82, 2.24) is 4.90 Å². The van der Waals surface area contributed by atoms with Crippen LogP contribution in [-0.2, 0) is 4.74 Å². The van der Waals surface area contributed by atoms with E-state index in [0.717, 1.165) is 45.0 Å². The summed E-state index contributed by atoms with van der Waals surface area (Å²) in [5.41, 5.74) is 5.26. The van der Waals surface area contributed by atoms with Gasteiger partial charge in [-0.3, -0.25) is 4.79 Å². The zero-order valence-corrected chi connectivity index (χ0v) is 14.2. The highest BCUT2D eigenvalue weighted by Crippen LogP contribution is 2.31. The summed E-state index contributed by atoms with van der Waals surface area (Å²) in [7, 11) is 0. The molecule has 2 aliphatic heterocycles. The number of rotatable bonds is 3. The summed E-state index contributed by atoms with van der Waals surface area (Å²) in [5.74, 6) is -0.295. The quantitative estimate of drug-likeness (QED) is 0.880. The van der Waals surface area contributed by atoms with E-state index in [2.05, 4.69) is 5.32 Å². The number of anilines is 1. The Hall–Kier alpha value is -2.15. The second-order valence-corrected chi connectivity index (χ2v) is 6.79. The van der Waals surface area contributed by atoms with Gasteiger partial charge >= 0.3 is 6.03 Å². The molecule has 2 fully saturated rings. The summed E-state index contributed by atoms with van der Waals surface area (Å²) in [6.07, 6.45) is 4.17. The van der Waals surface area contributed by atoms with E-state index in [0.29, 0.717) is 24.9 Å². The molecule has 136 valence electrons. The maximum atomic E-state index is 14.1. The molecule has 3 amide bonds. The Labute approximate surface area is 146 Å². The molecular weight excluding hydrogens is 325 g/mol. The first-order valence-electron chi connectivity index (χ1n) is 8.77. The van der Waals surface area contributed by atoms with Crippen molar-refractivity contribution in [3.8, 4) is 0 Å². The molecule has 0 bridgehead atoms. The van der Waals surface area contributed by atoms with E-state index in [1.54, 1.807) is 4.90 Å². The standard InChI is InChI=1S/C18H24FN3O3/c19-15-10-13(17(20)23)3-4-16(15)21-18(24)22-7-1-2-14(11-22)12-5-8-25-9-6-12/h3-4,10,12,14H,1-2,5-9,11H2,(H2,20,23)(H,21,24). The summed E-state index contributed by atoms with van der Waals surface area (Å²) in [6.45, 7) is 2.96. The average Bonchev–Trinajstić information content (AvgIpc) is 2.64. The third-order valence-corrected chi connectivity index (χ3v) is 5.17. The Morgan fingerprint density at radius 1 is 1.20 bits per heavy atom. The highest BCUT2D eigenvalue weighted by molar-refractivity contribution is 5.94. The first kappa shape index (κ1) is 17.7. The van der Waals surface area contributed by atoms with Gasteiger partial charge in [-0.2, -0.15) is 0 Å². The van der Waals surface area contributed by atoms with Gasteiger partial charge in [0.1, 0.15) is 5.82 Å². The fraction of sp³-hybridized carbons (Fsp3) is 0.556. The van der Waals surface area contributed by atoms with Crippen molar-refractivity contribution in [1.29, 1.82) is 0 Å². The number of carbonyl (C=O) groups is 2. The summed E-state index contributed by atoms with van der Waals surface area (Å²) in [4.78, 5) is 25.3. The second kappa shape index (κ2) is 7.82. The van der Waals surface area contributed by atoms with Crippen LogP contribution < -0.4 is 11.1 Å². The van der Waals surface area contributed by atoms with Gasteiger partial charge in [0.2, 0.25) is 5.91 Å². The first-order chi connectivity index (χ1) is 12.0. The van der Waals surface area contributed by atoms with Gasteiger partial charge in [-0.15, -0.1) is 0 Å². The number of nitrogens with zero attached hydrogens (tertiary/aromatic N) is 1. The normalized spacial score (nSPS) is 21.8. The molecule has 3 rings (SSSR count). The smallest absolute Gasteiger partial charge is 0.321 e. The zero-order chi connectivity index (χ0) is 17.8. The third kappa shape index (κ3) is 4.28. The maximum absolute atomic E-state index is 14.1. The Bertz CT molecular complexity index is 646. The SMILES string of the molecule is NC(=O)c1ccc(NC(=O)N2CCCC(C3CCOCC3)C2)c(F)c1. The molecule has 1 atom stereocenters. The minimum atomic E-state index is -0.702. The molecule has 0 aromatic heterocycles. The van der Waals surface area contributed by atoms with Crippen molar-refractivity contribution in [2.75, 3.05) is 31.6 Å². The molecule has 2 heterocycles. The summed E-state index contributed by atoms with van der Waals surface area (Å²) < 4.78 is 19.5. The van der Waals surface area contributed by atoms with Crippen LogP contribution in [0.25, 0.3) is 0 Å². The third-order valence-electron chi connectivity index (χ3n) is 5.17. The number of nitrogens with two attached hydrogens (primary N) is 1. The van der Waals surface area contributed by atoms with E-state index < -0.39 is 11.7 Å². The van der Waals surface area contributed by atoms with E-state index in [-0.39, 0.29) is 17.3 Å². The summed E-state index contributed by atoms with van der Waals surface area (Å²) in [5, 5.41) is 2.60. The molecule has 6 nitrogen and oxygen atoms in total. The fourth-order valence-electron chi connectivity index (χ4n) is 3.73. The average molecular weight is 349 g/mol. The number of halogens is 1. The van der Waals surface area contributed by atoms with Crippen LogP contribution in [0.3, 0.4) is 0 Å². The van der Waals surface area contributed by atoms with Gasteiger partial charge < -0.3 is 20.7 Å².